The van der Waals surface area contributed by atoms with E-state index in [4.69, 9.17) is 0 Å². The van der Waals surface area contributed by atoms with Crippen molar-refractivity contribution in [3.63, 3.8) is 0 Å². The average Bonchev–Trinajstić information content (AvgIpc) is 3.45. The molecule has 4 heterocycles. The molecule has 3 aromatic heterocycles. The van der Waals surface area contributed by atoms with Crippen LogP contribution in [0.2, 0.25) is 0 Å². The van der Waals surface area contributed by atoms with Gasteiger partial charge in [0, 0.05) is 64.3 Å². The van der Waals surface area contributed by atoms with Crippen LogP contribution in [0.4, 0.5) is 5.69 Å². The maximum absolute atomic E-state index is 4.45. The van der Waals surface area contributed by atoms with Crippen LogP contribution in [0.15, 0.2) is 115 Å². The standard InChI is InChI=1S/C37H32N4/c1-24-11-12-26(40-34-9-5-3-7-30(34)32-22-38-19-17-36(32)40)13-15-28(24)29-16-14-27(21-25(29)2)41-35-10-6-4-8-31(35)33-23-39-20-18-37(33)41/h3-10,14,16-23,25-26,29-30,34H,13,15H2,1-2H3. The largest absolute Gasteiger partial charge is 0.350 e. The van der Waals surface area contributed by atoms with Gasteiger partial charge in [0.05, 0.1) is 23.1 Å². The molecule has 0 radical (unpaired) electrons. The van der Waals surface area contributed by atoms with Crippen LogP contribution < -0.4 is 4.90 Å². The van der Waals surface area contributed by atoms with Gasteiger partial charge in [-0.2, -0.15) is 0 Å². The smallest absolute Gasteiger partial charge is 0.0917 e. The van der Waals surface area contributed by atoms with E-state index < -0.39 is 0 Å². The molecule has 5 unspecified atom stereocenters. The second-order valence-corrected chi connectivity index (χ2v) is 11.7. The first-order valence-corrected chi connectivity index (χ1v) is 14.7. The summed E-state index contributed by atoms with van der Waals surface area (Å²) in [6, 6.07) is 13.4. The highest BCUT2D eigenvalue weighted by Crippen LogP contribution is 2.46. The quantitative estimate of drug-likeness (QED) is 0.252. The number of pyridine rings is 2. The highest BCUT2D eigenvalue weighted by atomic mass is 15.2. The Kier molecular flexibility index (Phi) is 5.60. The summed E-state index contributed by atoms with van der Waals surface area (Å²) < 4.78 is 2.39. The first-order valence-electron chi connectivity index (χ1n) is 14.7. The molecular weight excluding hydrogens is 500 g/mol. The Balaban J connectivity index is 1.09. The minimum Gasteiger partial charge on any atom is -0.350 e. The van der Waals surface area contributed by atoms with Crippen LogP contribution in [0.1, 0.15) is 38.2 Å². The molecular formula is C37H32N4. The zero-order valence-corrected chi connectivity index (χ0v) is 23.4. The topological polar surface area (TPSA) is 34.0 Å². The van der Waals surface area contributed by atoms with E-state index >= 15 is 0 Å². The summed E-state index contributed by atoms with van der Waals surface area (Å²) in [5, 5.41) is 2.44. The number of nitrogens with zero attached hydrogens (tertiary/aromatic N) is 4. The number of hydrogen-bond acceptors (Lipinski definition) is 3. The number of hydrogen-bond donors (Lipinski definition) is 0. The lowest BCUT2D eigenvalue weighted by atomic mass is 9.79. The number of allylic oxidation sites excluding steroid dienone is 8. The molecule has 4 aliphatic rings. The highest BCUT2D eigenvalue weighted by Gasteiger charge is 2.40. The van der Waals surface area contributed by atoms with Crippen LogP contribution >= 0.6 is 0 Å². The number of aromatic nitrogens is 3. The van der Waals surface area contributed by atoms with Crippen LogP contribution in [0.5, 0.6) is 0 Å². The van der Waals surface area contributed by atoms with Gasteiger partial charge in [-0.25, -0.2) is 0 Å². The lowest BCUT2D eigenvalue weighted by Crippen LogP contribution is -2.40. The Morgan fingerprint density at radius 3 is 2.63 bits per heavy atom. The molecule has 4 aromatic rings. The first-order chi connectivity index (χ1) is 20.2. The maximum Gasteiger partial charge on any atom is 0.0917 e. The number of para-hydroxylation sites is 1. The minimum atomic E-state index is 0.176. The van der Waals surface area contributed by atoms with E-state index in [9.17, 15) is 0 Å². The third-order valence-corrected chi connectivity index (χ3v) is 9.43. The van der Waals surface area contributed by atoms with Gasteiger partial charge in [0.2, 0.25) is 0 Å². The van der Waals surface area contributed by atoms with Crippen molar-refractivity contribution in [3.8, 4) is 11.8 Å². The summed E-state index contributed by atoms with van der Waals surface area (Å²) in [4.78, 5) is 11.4. The fourth-order valence-electron chi connectivity index (χ4n) is 7.51. The molecule has 0 N–H and O–H groups in total. The van der Waals surface area contributed by atoms with Gasteiger partial charge in [0.15, 0.2) is 0 Å². The number of rotatable bonds is 3. The van der Waals surface area contributed by atoms with Gasteiger partial charge in [0.25, 0.3) is 0 Å². The fraction of sp³-hybridized carbons (Fsp3) is 0.243. The fourth-order valence-corrected chi connectivity index (χ4v) is 7.51. The Morgan fingerprint density at radius 2 is 1.71 bits per heavy atom. The SMILES string of the molecule is CC1=C(C2C=CC(n3c4ccccc4c4cnccc43)=CC2C)CCC(N2c3ccncc3C3C=CC=CC32)C#C1. The van der Waals surface area contributed by atoms with Crippen molar-refractivity contribution in [1.82, 2.24) is 14.5 Å². The maximum atomic E-state index is 4.45. The Labute approximate surface area is 241 Å². The monoisotopic (exact) mass is 532 g/mol. The van der Waals surface area contributed by atoms with E-state index in [2.05, 4.69) is 124 Å². The minimum absolute atomic E-state index is 0.176. The van der Waals surface area contributed by atoms with Gasteiger partial charge in [-0.1, -0.05) is 79.0 Å². The van der Waals surface area contributed by atoms with E-state index in [1.54, 1.807) is 0 Å². The molecule has 8 rings (SSSR count). The summed E-state index contributed by atoms with van der Waals surface area (Å²) in [6.45, 7) is 4.57. The molecule has 0 saturated heterocycles. The molecule has 1 aromatic carbocycles. The van der Waals surface area contributed by atoms with Crippen molar-refractivity contribution in [2.75, 3.05) is 4.90 Å². The van der Waals surface area contributed by atoms with Crippen LogP contribution in [0, 0.1) is 23.7 Å². The molecule has 0 spiro atoms. The van der Waals surface area contributed by atoms with Gasteiger partial charge in [-0.3, -0.25) is 9.97 Å². The zero-order chi connectivity index (χ0) is 27.5. The van der Waals surface area contributed by atoms with Gasteiger partial charge in [0.1, 0.15) is 0 Å². The van der Waals surface area contributed by atoms with Crippen LogP contribution in [-0.4, -0.2) is 26.6 Å². The molecule has 4 nitrogen and oxygen atoms in total. The Morgan fingerprint density at radius 1 is 0.878 bits per heavy atom. The second-order valence-electron chi connectivity index (χ2n) is 11.7. The molecule has 200 valence electrons. The highest BCUT2D eigenvalue weighted by molar-refractivity contribution is 6.10. The summed E-state index contributed by atoms with van der Waals surface area (Å²) in [5.41, 5.74) is 8.97. The Bertz CT molecular complexity index is 1870. The third kappa shape index (κ3) is 3.76. The van der Waals surface area contributed by atoms with E-state index in [1.165, 1.54) is 49.9 Å². The average molecular weight is 533 g/mol. The van der Waals surface area contributed by atoms with Crippen molar-refractivity contribution in [2.45, 2.75) is 44.7 Å². The molecule has 1 aliphatic heterocycles. The van der Waals surface area contributed by atoms with E-state index in [0.29, 0.717) is 23.8 Å². The molecule has 3 aliphatic carbocycles. The lowest BCUT2D eigenvalue weighted by Gasteiger charge is -2.34. The van der Waals surface area contributed by atoms with Crippen molar-refractivity contribution in [2.24, 2.45) is 11.8 Å². The number of fused-ring (bicyclic) bond motifs is 6. The van der Waals surface area contributed by atoms with E-state index in [0.717, 1.165) is 12.8 Å². The van der Waals surface area contributed by atoms with Gasteiger partial charge in [-0.05, 0) is 55.5 Å². The van der Waals surface area contributed by atoms with Gasteiger partial charge in [-0.15, -0.1) is 0 Å². The van der Waals surface area contributed by atoms with Crippen molar-refractivity contribution in [3.05, 3.63) is 120 Å². The van der Waals surface area contributed by atoms with Gasteiger partial charge >= 0.3 is 0 Å². The molecule has 0 bridgehead atoms. The molecule has 0 amide bonds. The van der Waals surface area contributed by atoms with Gasteiger partial charge < -0.3 is 9.47 Å². The summed E-state index contributed by atoms with van der Waals surface area (Å²) in [7, 11) is 0. The molecule has 41 heavy (non-hydrogen) atoms. The second kappa shape index (κ2) is 9.49. The van der Waals surface area contributed by atoms with Crippen LogP contribution in [0.3, 0.4) is 0 Å². The first kappa shape index (κ1) is 24.2. The number of anilines is 1. The molecule has 5 atom stereocenters. The third-order valence-electron chi connectivity index (χ3n) is 9.43. The van der Waals surface area contributed by atoms with Crippen molar-refractivity contribution < 1.29 is 0 Å². The van der Waals surface area contributed by atoms with Crippen molar-refractivity contribution >= 4 is 33.2 Å². The predicted molar refractivity (Wildman–Crippen MR) is 168 cm³/mol. The van der Waals surface area contributed by atoms with Crippen LogP contribution in [-0.2, 0) is 0 Å². The number of benzene rings is 1. The van der Waals surface area contributed by atoms with E-state index in [-0.39, 0.29) is 6.04 Å². The summed E-state index contributed by atoms with van der Waals surface area (Å²) in [6.07, 6.45) is 26.1. The van der Waals surface area contributed by atoms with E-state index in [1.807, 2.05) is 24.8 Å². The molecule has 0 saturated carbocycles. The molecule has 0 fully saturated rings. The Hall–Kier alpha value is -4.62. The lowest BCUT2D eigenvalue weighted by molar-refractivity contribution is 0.530. The van der Waals surface area contributed by atoms with Crippen molar-refractivity contribution in [1.29, 1.82) is 0 Å². The predicted octanol–water partition coefficient (Wildman–Crippen LogP) is 7.83. The summed E-state index contributed by atoms with van der Waals surface area (Å²) in [5.74, 6) is 8.38. The summed E-state index contributed by atoms with van der Waals surface area (Å²) >= 11 is 0. The molecule has 4 heteroatoms. The van der Waals surface area contributed by atoms with Crippen LogP contribution in [0.25, 0.3) is 27.5 Å². The zero-order valence-electron chi connectivity index (χ0n) is 23.4. The normalized spacial score (nSPS) is 26.5.